The minimum atomic E-state index is -0.388. The zero-order valence-electron chi connectivity index (χ0n) is 8.66. The Morgan fingerprint density at radius 1 is 1.38 bits per heavy atom. The summed E-state index contributed by atoms with van der Waals surface area (Å²) in [5.74, 6) is -0.898. The van der Waals surface area contributed by atoms with Gasteiger partial charge in [0.25, 0.3) is 5.91 Å². The van der Waals surface area contributed by atoms with E-state index in [1.54, 1.807) is 18.2 Å². The van der Waals surface area contributed by atoms with E-state index in [1.807, 2.05) is 0 Å². The van der Waals surface area contributed by atoms with E-state index in [2.05, 4.69) is 10.6 Å². The average molecular weight is 218 g/mol. The number of carbonyl (C=O) groups excluding carboxylic acids is 3. The topological polar surface area (TPSA) is 75.3 Å². The minimum Gasteiger partial charge on any atom is -0.326 e. The molecule has 0 aromatic heterocycles. The zero-order chi connectivity index (χ0) is 11.7. The lowest BCUT2D eigenvalue weighted by Gasteiger charge is -2.16. The van der Waals surface area contributed by atoms with E-state index in [0.717, 1.165) is 0 Å². The van der Waals surface area contributed by atoms with Crippen molar-refractivity contribution in [3.8, 4) is 0 Å². The minimum absolute atomic E-state index is 0.161. The highest BCUT2D eigenvalue weighted by Crippen LogP contribution is 2.19. The number of nitrogens with one attached hydrogen (secondary N) is 2. The first kappa shape index (κ1) is 10.4. The fourth-order valence-corrected chi connectivity index (χ4v) is 1.65. The molecule has 0 aliphatic carbocycles. The molecular weight excluding hydrogens is 208 g/mol. The predicted octanol–water partition coefficient (Wildman–Crippen LogP) is 0.457. The molecule has 5 nitrogen and oxygen atoms in total. The zero-order valence-corrected chi connectivity index (χ0v) is 8.66. The summed E-state index contributed by atoms with van der Waals surface area (Å²) in [6, 6.07) is 4.88. The number of anilines is 1. The highest BCUT2D eigenvalue weighted by atomic mass is 16.2. The van der Waals surface area contributed by atoms with Crippen molar-refractivity contribution >= 4 is 23.4 Å². The number of hydrogen-bond acceptors (Lipinski definition) is 3. The molecule has 5 heteroatoms. The summed E-state index contributed by atoms with van der Waals surface area (Å²) in [7, 11) is 0. The number of amides is 3. The summed E-state index contributed by atoms with van der Waals surface area (Å²) >= 11 is 0. The van der Waals surface area contributed by atoms with Crippen LogP contribution in [0.15, 0.2) is 18.2 Å². The van der Waals surface area contributed by atoms with Gasteiger partial charge >= 0.3 is 0 Å². The molecule has 0 atom stereocenters. The fourth-order valence-electron chi connectivity index (χ4n) is 1.65. The van der Waals surface area contributed by atoms with Gasteiger partial charge in [0.15, 0.2) is 0 Å². The van der Waals surface area contributed by atoms with E-state index in [9.17, 15) is 14.4 Å². The average Bonchev–Trinajstić information content (AvgIpc) is 2.15. The van der Waals surface area contributed by atoms with Gasteiger partial charge in [0.2, 0.25) is 11.8 Å². The van der Waals surface area contributed by atoms with Crippen molar-refractivity contribution in [3.05, 3.63) is 29.3 Å². The number of benzene rings is 1. The Bertz CT molecular complexity index is 494. The lowest BCUT2D eigenvalue weighted by molar-refractivity contribution is -0.119. The van der Waals surface area contributed by atoms with E-state index < -0.39 is 0 Å². The molecular formula is C11H10N2O3. The van der Waals surface area contributed by atoms with Crippen LogP contribution in [0.2, 0.25) is 0 Å². The standard InChI is InChI=1S/C11H10N2O3/c1-6(14)12-8-2-3-9-7(4-8)5-10(15)13-11(9)16/h2-4H,5H2,1H3,(H,12,14)(H,13,15,16). The largest absolute Gasteiger partial charge is 0.326 e. The third-order valence-electron chi connectivity index (χ3n) is 2.27. The third kappa shape index (κ3) is 1.93. The molecule has 82 valence electrons. The lowest BCUT2D eigenvalue weighted by atomic mass is 9.99. The Balaban J connectivity index is 2.38. The van der Waals surface area contributed by atoms with Crippen LogP contribution in [0.4, 0.5) is 5.69 Å². The van der Waals surface area contributed by atoms with Crippen molar-refractivity contribution in [2.24, 2.45) is 0 Å². The first-order chi connectivity index (χ1) is 7.56. The quantitative estimate of drug-likeness (QED) is 0.672. The molecule has 1 aromatic rings. The molecule has 1 aliphatic rings. The van der Waals surface area contributed by atoms with Crippen molar-refractivity contribution in [3.63, 3.8) is 0 Å². The highest BCUT2D eigenvalue weighted by molar-refractivity contribution is 6.10. The van der Waals surface area contributed by atoms with Crippen LogP contribution in [0.25, 0.3) is 0 Å². The molecule has 2 rings (SSSR count). The summed E-state index contributed by atoms with van der Waals surface area (Å²) in [4.78, 5) is 33.4. The maximum Gasteiger partial charge on any atom is 0.258 e. The number of carbonyl (C=O) groups is 3. The molecule has 0 unspecified atom stereocenters. The number of imide groups is 1. The molecule has 2 N–H and O–H groups in total. The first-order valence-corrected chi connectivity index (χ1v) is 4.81. The first-order valence-electron chi connectivity index (χ1n) is 4.81. The van der Waals surface area contributed by atoms with Gasteiger partial charge in [0, 0.05) is 18.2 Å². The maximum atomic E-state index is 11.4. The van der Waals surface area contributed by atoms with E-state index in [0.29, 0.717) is 16.8 Å². The third-order valence-corrected chi connectivity index (χ3v) is 2.27. The van der Waals surface area contributed by atoms with Crippen molar-refractivity contribution in [1.29, 1.82) is 0 Å². The van der Waals surface area contributed by atoms with Crippen LogP contribution in [0.3, 0.4) is 0 Å². The van der Waals surface area contributed by atoms with Crippen LogP contribution >= 0.6 is 0 Å². The lowest BCUT2D eigenvalue weighted by Crippen LogP contribution is -2.37. The van der Waals surface area contributed by atoms with E-state index in [4.69, 9.17) is 0 Å². The SMILES string of the molecule is CC(=O)Nc1ccc2c(c1)CC(=O)NC2=O. The Hall–Kier alpha value is -2.17. The molecule has 0 spiro atoms. The van der Waals surface area contributed by atoms with Crippen LogP contribution in [-0.4, -0.2) is 17.7 Å². The predicted molar refractivity (Wildman–Crippen MR) is 56.9 cm³/mol. The molecule has 1 aromatic carbocycles. The number of rotatable bonds is 1. The summed E-state index contributed by atoms with van der Waals surface area (Å²) in [6.07, 6.45) is 0.161. The van der Waals surface area contributed by atoms with Gasteiger partial charge in [-0.05, 0) is 23.8 Å². The van der Waals surface area contributed by atoms with Gasteiger partial charge in [0.1, 0.15) is 0 Å². The molecule has 0 radical (unpaired) electrons. The van der Waals surface area contributed by atoms with Crippen molar-refractivity contribution < 1.29 is 14.4 Å². The Morgan fingerprint density at radius 2 is 2.12 bits per heavy atom. The van der Waals surface area contributed by atoms with Crippen LogP contribution in [0.5, 0.6) is 0 Å². The molecule has 0 fully saturated rings. The Kier molecular flexibility index (Phi) is 2.44. The summed E-state index contributed by atoms with van der Waals surface area (Å²) in [6.45, 7) is 1.40. The van der Waals surface area contributed by atoms with Crippen molar-refractivity contribution in [2.75, 3.05) is 5.32 Å². The van der Waals surface area contributed by atoms with Crippen LogP contribution < -0.4 is 10.6 Å². The van der Waals surface area contributed by atoms with E-state index >= 15 is 0 Å². The molecule has 16 heavy (non-hydrogen) atoms. The van der Waals surface area contributed by atoms with E-state index in [1.165, 1.54) is 6.92 Å². The van der Waals surface area contributed by atoms with Crippen LogP contribution in [-0.2, 0) is 16.0 Å². The molecule has 0 saturated carbocycles. The second-order valence-electron chi connectivity index (χ2n) is 3.61. The van der Waals surface area contributed by atoms with Gasteiger partial charge in [-0.2, -0.15) is 0 Å². The number of fused-ring (bicyclic) bond motifs is 1. The monoisotopic (exact) mass is 218 g/mol. The van der Waals surface area contributed by atoms with Crippen molar-refractivity contribution in [2.45, 2.75) is 13.3 Å². The van der Waals surface area contributed by atoms with Gasteiger partial charge in [-0.25, -0.2) is 0 Å². The summed E-state index contributed by atoms with van der Waals surface area (Å²) in [5.41, 5.74) is 1.71. The van der Waals surface area contributed by atoms with Gasteiger partial charge < -0.3 is 5.32 Å². The second kappa shape index (κ2) is 3.77. The summed E-state index contributed by atoms with van der Waals surface area (Å²) < 4.78 is 0. The molecule has 1 aliphatic heterocycles. The smallest absolute Gasteiger partial charge is 0.258 e. The molecule has 1 heterocycles. The van der Waals surface area contributed by atoms with Crippen molar-refractivity contribution in [1.82, 2.24) is 5.32 Å². The molecule has 0 saturated heterocycles. The van der Waals surface area contributed by atoms with Gasteiger partial charge in [-0.15, -0.1) is 0 Å². The Labute approximate surface area is 91.8 Å². The Morgan fingerprint density at radius 3 is 2.81 bits per heavy atom. The van der Waals surface area contributed by atoms with Crippen LogP contribution in [0, 0.1) is 0 Å². The van der Waals surface area contributed by atoms with Gasteiger partial charge in [-0.1, -0.05) is 0 Å². The number of hydrogen-bond donors (Lipinski definition) is 2. The fraction of sp³-hybridized carbons (Fsp3) is 0.182. The normalized spacial score (nSPS) is 14.1. The second-order valence-corrected chi connectivity index (χ2v) is 3.61. The molecule has 0 bridgehead atoms. The molecule has 3 amide bonds. The van der Waals surface area contributed by atoms with E-state index in [-0.39, 0.29) is 24.1 Å². The van der Waals surface area contributed by atoms with Crippen LogP contribution in [0.1, 0.15) is 22.8 Å². The maximum absolute atomic E-state index is 11.4. The van der Waals surface area contributed by atoms with Gasteiger partial charge in [0.05, 0.1) is 6.42 Å². The van der Waals surface area contributed by atoms with Gasteiger partial charge in [-0.3, -0.25) is 19.7 Å². The highest BCUT2D eigenvalue weighted by Gasteiger charge is 2.22. The summed E-state index contributed by atoms with van der Waals surface area (Å²) in [5, 5.41) is 4.83.